The first kappa shape index (κ1) is 27.4. The summed E-state index contributed by atoms with van der Waals surface area (Å²) in [5.74, 6) is -2.30. The van der Waals surface area contributed by atoms with Crippen LogP contribution in [-0.2, 0) is 25.6 Å². The van der Waals surface area contributed by atoms with Gasteiger partial charge in [-0.2, -0.15) is 11.8 Å². The fourth-order valence-corrected chi connectivity index (χ4v) is 3.23. The summed E-state index contributed by atoms with van der Waals surface area (Å²) in [6, 6.07) is -3.85. The third kappa shape index (κ3) is 8.87. The number of carbonyl (C=O) groups is 4. The van der Waals surface area contributed by atoms with Crippen LogP contribution in [0.25, 0.3) is 0 Å². The van der Waals surface area contributed by atoms with Crippen molar-refractivity contribution in [3.05, 3.63) is 18.2 Å². The fraction of sp³-hybridized carbons (Fsp3) is 0.650. The number of carboxylic acid groups (broad SMARTS) is 1. The number of rotatable bonds is 14. The highest BCUT2D eigenvalue weighted by atomic mass is 32.2. The van der Waals surface area contributed by atoms with E-state index >= 15 is 0 Å². The van der Waals surface area contributed by atoms with E-state index in [1.807, 2.05) is 20.1 Å². The number of hydrogen-bond acceptors (Lipinski definition) is 7. The number of aromatic amines is 1. The van der Waals surface area contributed by atoms with E-state index in [2.05, 4.69) is 25.9 Å². The molecule has 0 aliphatic heterocycles. The summed E-state index contributed by atoms with van der Waals surface area (Å²) in [6.45, 7) is 5.11. The molecule has 0 fully saturated rings. The predicted molar refractivity (Wildman–Crippen MR) is 122 cm³/mol. The molecule has 0 radical (unpaired) electrons. The zero-order chi connectivity index (χ0) is 24.3. The third-order valence-electron chi connectivity index (χ3n) is 5.14. The highest BCUT2D eigenvalue weighted by Gasteiger charge is 2.30. The number of nitrogens with zero attached hydrogens (tertiary/aromatic N) is 1. The van der Waals surface area contributed by atoms with Gasteiger partial charge in [-0.25, -0.2) is 4.98 Å². The van der Waals surface area contributed by atoms with Gasteiger partial charge in [0.2, 0.25) is 17.7 Å². The van der Waals surface area contributed by atoms with Gasteiger partial charge in [0.15, 0.2) is 0 Å². The minimum absolute atomic E-state index is 0.0596. The Balaban J connectivity index is 2.97. The maximum absolute atomic E-state index is 13.0. The quantitative estimate of drug-likeness (QED) is 0.213. The van der Waals surface area contributed by atoms with Gasteiger partial charge in [0.05, 0.1) is 12.4 Å². The number of carboxylic acids is 1. The lowest BCUT2D eigenvalue weighted by Gasteiger charge is -2.25. The van der Waals surface area contributed by atoms with Crippen molar-refractivity contribution in [3.8, 4) is 0 Å². The highest BCUT2D eigenvalue weighted by Crippen LogP contribution is 2.08. The lowest BCUT2D eigenvalue weighted by Crippen LogP contribution is -2.58. The first-order valence-corrected chi connectivity index (χ1v) is 11.9. The number of hydrogen-bond donors (Lipinski definition) is 6. The van der Waals surface area contributed by atoms with Crippen LogP contribution in [0.1, 0.15) is 39.3 Å². The van der Waals surface area contributed by atoms with Crippen LogP contribution >= 0.6 is 11.8 Å². The van der Waals surface area contributed by atoms with E-state index in [1.54, 1.807) is 0 Å². The molecule has 5 unspecified atom stereocenters. The van der Waals surface area contributed by atoms with Crippen molar-refractivity contribution >= 4 is 35.5 Å². The number of imidazole rings is 1. The number of aromatic nitrogens is 2. The van der Waals surface area contributed by atoms with Gasteiger partial charge in [0.1, 0.15) is 18.1 Å². The Labute approximate surface area is 192 Å². The van der Waals surface area contributed by atoms with Crippen LogP contribution in [0.15, 0.2) is 12.5 Å². The lowest BCUT2D eigenvalue weighted by atomic mass is 9.99. The molecule has 3 amide bonds. The molecule has 0 saturated heterocycles. The number of nitrogens with one attached hydrogen (secondary N) is 4. The van der Waals surface area contributed by atoms with Gasteiger partial charge >= 0.3 is 5.97 Å². The molecule has 0 aromatic carbocycles. The van der Waals surface area contributed by atoms with E-state index in [0.717, 1.165) is 0 Å². The third-order valence-corrected chi connectivity index (χ3v) is 5.79. The molecule has 32 heavy (non-hydrogen) atoms. The molecular weight excluding hydrogens is 436 g/mol. The topological polar surface area (TPSA) is 179 Å². The van der Waals surface area contributed by atoms with Crippen LogP contribution < -0.4 is 21.7 Å². The maximum Gasteiger partial charge on any atom is 0.325 e. The molecule has 7 N–H and O–H groups in total. The summed E-state index contributed by atoms with van der Waals surface area (Å²) in [4.78, 5) is 56.1. The Morgan fingerprint density at radius 1 is 1.12 bits per heavy atom. The minimum atomic E-state index is -1.20. The molecule has 0 saturated carbocycles. The zero-order valence-electron chi connectivity index (χ0n) is 18.9. The van der Waals surface area contributed by atoms with Crippen LogP contribution in [0.3, 0.4) is 0 Å². The van der Waals surface area contributed by atoms with Crippen LogP contribution in [0, 0.1) is 5.92 Å². The molecule has 1 aromatic rings. The average molecular weight is 471 g/mol. The second-order valence-corrected chi connectivity index (χ2v) is 8.65. The number of amides is 3. The SMILES string of the molecule is CCC(C)C(N)C(=O)NC(CCSC)C(=O)NC(Cc1cnc[nH]1)C(=O)NC(C)C(=O)O. The molecule has 1 rings (SSSR count). The molecule has 0 spiro atoms. The number of nitrogens with two attached hydrogens (primary N) is 1. The Morgan fingerprint density at radius 2 is 1.75 bits per heavy atom. The number of thioether (sulfide) groups is 1. The first-order valence-electron chi connectivity index (χ1n) is 10.5. The van der Waals surface area contributed by atoms with Crippen molar-refractivity contribution in [1.29, 1.82) is 0 Å². The Kier molecular flexibility index (Phi) is 11.8. The molecule has 11 nitrogen and oxygen atoms in total. The van der Waals surface area contributed by atoms with E-state index in [-0.39, 0.29) is 12.3 Å². The van der Waals surface area contributed by atoms with Crippen LogP contribution in [0.2, 0.25) is 0 Å². The number of carbonyl (C=O) groups excluding carboxylic acids is 3. The van der Waals surface area contributed by atoms with Gasteiger partial charge in [-0.3, -0.25) is 19.2 Å². The van der Waals surface area contributed by atoms with Gasteiger partial charge in [-0.05, 0) is 31.3 Å². The van der Waals surface area contributed by atoms with Gasteiger partial charge in [-0.15, -0.1) is 0 Å². The minimum Gasteiger partial charge on any atom is -0.480 e. The summed E-state index contributed by atoms with van der Waals surface area (Å²) in [7, 11) is 0. The molecular formula is C20H34N6O5S. The summed E-state index contributed by atoms with van der Waals surface area (Å²) >= 11 is 1.51. The molecule has 5 atom stereocenters. The van der Waals surface area contributed by atoms with Gasteiger partial charge < -0.3 is 31.8 Å². The second-order valence-electron chi connectivity index (χ2n) is 7.66. The molecule has 0 aliphatic rings. The monoisotopic (exact) mass is 470 g/mol. The standard InChI is InChI=1S/C20H34N6O5S/c1-5-11(2)16(21)19(29)25-14(6-7-32-4)17(27)26-15(8-13-9-22-10-23-13)18(28)24-12(3)20(30)31/h9-12,14-16H,5-8,21H2,1-4H3,(H,22,23)(H,24,28)(H,25,29)(H,26,27)(H,30,31). The second kappa shape index (κ2) is 13.7. The molecule has 1 aromatic heterocycles. The highest BCUT2D eigenvalue weighted by molar-refractivity contribution is 7.98. The summed E-state index contributed by atoms with van der Waals surface area (Å²) in [6.07, 6.45) is 5.94. The van der Waals surface area contributed by atoms with E-state index in [1.165, 1.54) is 31.2 Å². The van der Waals surface area contributed by atoms with Crippen molar-refractivity contribution in [2.75, 3.05) is 12.0 Å². The van der Waals surface area contributed by atoms with Crippen LogP contribution in [0.4, 0.5) is 0 Å². The van der Waals surface area contributed by atoms with Crippen molar-refractivity contribution < 1.29 is 24.3 Å². The maximum atomic E-state index is 13.0. The van der Waals surface area contributed by atoms with E-state index in [9.17, 15) is 19.2 Å². The Morgan fingerprint density at radius 3 is 2.28 bits per heavy atom. The normalized spacial score (nSPS) is 15.7. The van der Waals surface area contributed by atoms with Crippen LogP contribution in [0.5, 0.6) is 0 Å². The zero-order valence-corrected chi connectivity index (χ0v) is 19.7. The Hall–Kier alpha value is -2.60. The predicted octanol–water partition coefficient (Wildman–Crippen LogP) is -0.362. The Bertz CT molecular complexity index is 760. The van der Waals surface area contributed by atoms with Crippen molar-refractivity contribution in [1.82, 2.24) is 25.9 Å². The summed E-state index contributed by atoms with van der Waals surface area (Å²) in [5, 5.41) is 16.8. The summed E-state index contributed by atoms with van der Waals surface area (Å²) < 4.78 is 0. The number of H-pyrrole nitrogens is 1. The lowest BCUT2D eigenvalue weighted by molar-refractivity contribution is -0.141. The van der Waals surface area contributed by atoms with Gasteiger partial charge in [0, 0.05) is 18.3 Å². The van der Waals surface area contributed by atoms with Crippen molar-refractivity contribution in [2.45, 2.75) is 64.2 Å². The van der Waals surface area contributed by atoms with E-state index in [0.29, 0.717) is 24.3 Å². The fourth-order valence-electron chi connectivity index (χ4n) is 2.76. The molecule has 0 bridgehead atoms. The molecule has 1 heterocycles. The van der Waals surface area contributed by atoms with Crippen LogP contribution in [-0.4, -0.2) is 74.9 Å². The van der Waals surface area contributed by atoms with E-state index < -0.39 is 47.9 Å². The van der Waals surface area contributed by atoms with Gasteiger partial charge in [0.25, 0.3) is 0 Å². The molecule has 180 valence electrons. The molecule has 0 aliphatic carbocycles. The first-order chi connectivity index (χ1) is 15.1. The smallest absolute Gasteiger partial charge is 0.325 e. The van der Waals surface area contributed by atoms with Crippen molar-refractivity contribution in [2.24, 2.45) is 11.7 Å². The number of aliphatic carboxylic acids is 1. The van der Waals surface area contributed by atoms with E-state index in [4.69, 9.17) is 10.8 Å². The largest absolute Gasteiger partial charge is 0.480 e. The van der Waals surface area contributed by atoms with Crippen molar-refractivity contribution in [3.63, 3.8) is 0 Å². The summed E-state index contributed by atoms with van der Waals surface area (Å²) in [5.41, 5.74) is 6.57. The van der Waals surface area contributed by atoms with Gasteiger partial charge in [-0.1, -0.05) is 20.3 Å². The average Bonchev–Trinajstić information content (AvgIpc) is 3.27. The molecule has 12 heteroatoms.